The molecule has 0 heterocycles. The molecule has 1 nitrogen and oxygen atoms in total. The molecule has 0 saturated heterocycles. The minimum atomic E-state index is 0.0728. The molecule has 0 radical (unpaired) electrons. The van der Waals surface area contributed by atoms with E-state index in [1.54, 1.807) is 0 Å². The van der Waals surface area contributed by atoms with E-state index < -0.39 is 0 Å². The average Bonchev–Trinajstić information content (AvgIpc) is 2.66. The van der Waals surface area contributed by atoms with E-state index in [9.17, 15) is 0 Å². The predicted octanol–water partition coefficient (Wildman–Crippen LogP) is 8.50. The van der Waals surface area contributed by atoms with Gasteiger partial charge in [-0.05, 0) is 44.1 Å². The molecule has 0 unspecified atom stereocenters. The first-order valence-electron chi connectivity index (χ1n) is 11.3. The van der Waals surface area contributed by atoms with Crippen LogP contribution in [0.3, 0.4) is 0 Å². The van der Waals surface area contributed by atoms with Crippen molar-refractivity contribution in [2.75, 3.05) is 5.73 Å². The first-order chi connectivity index (χ1) is 14.2. The maximum Gasteiger partial charge on any atom is 0.0473 e. The molecule has 0 atom stereocenters. The first kappa shape index (κ1) is 23.1. The van der Waals surface area contributed by atoms with Crippen molar-refractivity contribution < 1.29 is 0 Å². The molecule has 0 aliphatic carbocycles. The lowest BCUT2D eigenvalue weighted by Gasteiger charge is -2.27. The van der Waals surface area contributed by atoms with E-state index in [1.165, 1.54) is 27.8 Å². The second kappa shape index (κ2) is 7.86. The van der Waals surface area contributed by atoms with Gasteiger partial charge < -0.3 is 5.73 Å². The van der Waals surface area contributed by atoms with Gasteiger partial charge in [-0.2, -0.15) is 0 Å². The summed E-state index contributed by atoms with van der Waals surface area (Å²) in [5, 5.41) is 0. The van der Waals surface area contributed by atoms with Crippen LogP contribution in [0.2, 0.25) is 0 Å². The molecule has 0 saturated carbocycles. The highest BCUT2D eigenvalue weighted by Gasteiger charge is 2.22. The molecule has 2 N–H and O–H groups in total. The SMILES string of the molecule is CC(C)(C)c1cccc(-c2cccc(-c3cc(C(C)(C)C)cc(C(C)(C)C)c3)c2N)c1. The van der Waals surface area contributed by atoms with Crippen molar-refractivity contribution in [1.82, 2.24) is 0 Å². The summed E-state index contributed by atoms with van der Waals surface area (Å²) in [6.45, 7) is 20.4. The maximum absolute atomic E-state index is 6.82. The van der Waals surface area contributed by atoms with E-state index in [0.717, 1.165) is 16.8 Å². The molecular formula is C30H39N. The zero-order chi connectivity index (χ0) is 23.2. The number of hydrogen-bond donors (Lipinski definition) is 1. The molecule has 0 aliphatic rings. The van der Waals surface area contributed by atoms with Crippen LogP contribution < -0.4 is 5.73 Å². The minimum absolute atomic E-state index is 0.0728. The molecule has 0 bridgehead atoms. The van der Waals surface area contributed by atoms with Gasteiger partial charge in [0.1, 0.15) is 0 Å². The number of hydrogen-bond acceptors (Lipinski definition) is 1. The van der Waals surface area contributed by atoms with Crippen molar-refractivity contribution in [1.29, 1.82) is 0 Å². The first-order valence-corrected chi connectivity index (χ1v) is 11.3. The summed E-state index contributed by atoms with van der Waals surface area (Å²) < 4.78 is 0. The third-order valence-electron chi connectivity index (χ3n) is 6.12. The van der Waals surface area contributed by atoms with E-state index in [1.807, 2.05) is 0 Å². The Morgan fingerprint density at radius 1 is 0.484 bits per heavy atom. The topological polar surface area (TPSA) is 26.0 Å². The van der Waals surface area contributed by atoms with Gasteiger partial charge in [0.25, 0.3) is 0 Å². The van der Waals surface area contributed by atoms with Crippen LogP contribution in [0.25, 0.3) is 22.3 Å². The van der Waals surface area contributed by atoms with E-state index in [2.05, 4.69) is 123 Å². The number of para-hydroxylation sites is 1. The smallest absolute Gasteiger partial charge is 0.0473 e. The van der Waals surface area contributed by atoms with Gasteiger partial charge in [0, 0.05) is 16.8 Å². The third-order valence-corrected chi connectivity index (χ3v) is 6.12. The van der Waals surface area contributed by atoms with Gasteiger partial charge in [-0.15, -0.1) is 0 Å². The molecule has 0 aromatic heterocycles. The van der Waals surface area contributed by atoms with Gasteiger partial charge in [-0.1, -0.05) is 123 Å². The molecule has 0 fully saturated rings. The lowest BCUT2D eigenvalue weighted by molar-refractivity contribution is 0.569. The summed E-state index contributed by atoms with van der Waals surface area (Å²) in [5.41, 5.74) is 16.5. The summed E-state index contributed by atoms with van der Waals surface area (Å²) in [5.74, 6) is 0. The van der Waals surface area contributed by atoms with Crippen LogP contribution in [0, 0.1) is 0 Å². The Hall–Kier alpha value is -2.54. The van der Waals surface area contributed by atoms with Crippen LogP contribution in [-0.4, -0.2) is 0 Å². The van der Waals surface area contributed by atoms with Crippen LogP contribution >= 0.6 is 0 Å². The highest BCUT2D eigenvalue weighted by Crippen LogP contribution is 2.39. The molecule has 164 valence electrons. The molecule has 3 aromatic carbocycles. The van der Waals surface area contributed by atoms with Gasteiger partial charge in [0.2, 0.25) is 0 Å². The summed E-state index contributed by atoms with van der Waals surface area (Å²) >= 11 is 0. The Morgan fingerprint density at radius 2 is 0.903 bits per heavy atom. The quantitative estimate of drug-likeness (QED) is 0.419. The van der Waals surface area contributed by atoms with Crippen molar-refractivity contribution in [2.24, 2.45) is 0 Å². The largest absolute Gasteiger partial charge is 0.398 e. The van der Waals surface area contributed by atoms with Crippen molar-refractivity contribution >= 4 is 5.69 Å². The number of rotatable bonds is 2. The molecular weight excluding hydrogens is 374 g/mol. The van der Waals surface area contributed by atoms with E-state index in [4.69, 9.17) is 5.73 Å². The van der Waals surface area contributed by atoms with Crippen LogP contribution in [0.4, 0.5) is 5.69 Å². The van der Waals surface area contributed by atoms with Gasteiger partial charge >= 0.3 is 0 Å². The number of nitrogens with two attached hydrogens (primary N) is 1. The Kier molecular flexibility index (Phi) is 5.86. The average molecular weight is 414 g/mol. The van der Waals surface area contributed by atoms with Gasteiger partial charge in [0.15, 0.2) is 0 Å². The zero-order valence-electron chi connectivity index (χ0n) is 20.9. The van der Waals surface area contributed by atoms with Gasteiger partial charge in [-0.25, -0.2) is 0 Å². The summed E-state index contributed by atoms with van der Waals surface area (Å²) in [6.07, 6.45) is 0. The fourth-order valence-electron chi connectivity index (χ4n) is 3.87. The standard InChI is InChI=1S/C30H39N/c1-28(2,3)22-13-10-12-20(16-22)25-14-11-15-26(27(25)31)21-17-23(29(4,5)6)19-24(18-21)30(7,8)9/h10-19H,31H2,1-9H3. The number of anilines is 1. The highest BCUT2D eigenvalue weighted by atomic mass is 14.6. The maximum atomic E-state index is 6.82. The fraction of sp³-hybridized carbons (Fsp3) is 0.400. The van der Waals surface area contributed by atoms with Crippen LogP contribution in [0.1, 0.15) is 79.0 Å². The van der Waals surface area contributed by atoms with Crippen molar-refractivity contribution in [3.8, 4) is 22.3 Å². The van der Waals surface area contributed by atoms with Crippen molar-refractivity contribution in [2.45, 2.75) is 78.6 Å². The van der Waals surface area contributed by atoms with Crippen LogP contribution in [0.15, 0.2) is 60.7 Å². The van der Waals surface area contributed by atoms with Gasteiger partial charge in [-0.3, -0.25) is 0 Å². The van der Waals surface area contributed by atoms with Crippen LogP contribution in [0.5, 0.6) is 0 Å². The number of nitrogen functional groups attached to an aromatic ring is 1. The highest BCUT2D eigenvalue weighted by molar-refractivity contribution is 5.89. The summed E-state index contributed by atoms with van der Waals surface area (Å²) in [7, 11) is 0. The summed E-state index contributed by atoms with van der Waals surface area (Å²) in [6, 6.07) is 22.2. The monoisotopic (exact) mass is 413 g/mol. The Bertz CT molecular complexity index is 1050. The summed E-state index contributed by atoms with van der Waals surface area (Å²) in [4.78, 5) is 0. The fourth-order valence-corrected chi connectivity index (χ4v) is 3.87. The predicted molar refractivity (Wildman–Crippen MR) is 138 cm³/mol. The molecule has 0 amide bonds. The minimum Gasteiger partial charge on any atom is -0.398 e. The van der Waals surface area contributed by atoms with Crippen molar-refractivity contribution in [3.05, 3.63) is 77.4 Å². The number of benzene rings is 3. The van der Waals surface area contributed by atoms with Crippen LogP contribution in [-0.2, 0) is 16.2 Å². The Balaban J connectivity index is 2.21. The normalized spacial score (nSPS) is 12.8. The van der Waals surface area contributed by atoms with Crippen molar-refractivity contribution in [3.63, 3.8) is 0 Å². The molecule has 0 aliphatic heterocycles. The second-order valence-electron chi connectivity index (χ2n) is 11.9. The molecule has 3 aromatic rings. The second-order valence-corrected chi connectivity index (χ2v) is 11.9. The zero-order valence-corrected chi connectivity index (χ0v) is 20.9. The third kappa shape index (κ3) is 5.03. The molecule has 3 rings (SSSR count). The lowest BCUT2D eigenvalue weighted by atomic mass is 9.78. The Morgan fingerprint density at radius 3 is 1.39 bits per heavy atom. The van der Waals surface area contributed by atoms with E-state index in [0.29, 0.717) is 0 Å². The molecule has 1 heteroatoms. The van der Waals surface area contributed by atoms with Gasteiger partial charge in [0.05, 0.1) is 0 Å². The Labute approximate surface area is 189 Å². The van der Waals surface area contributed by atoms with E-state index in [-0.39, 0.29) is 16.2 Å². The molecule has 0 spiro atoms. The van der Waals surface area contributed by atoms with E-state index >= 15 is 0 Å². The molecule has 31 heavy (non-hydrogen) atoms. The lowest BCUT2D eigenvalue weighted by Crippen LogP contribution is -2.16.